The van der Waals surface area contributed by atoms with Gasteiger partial charge in [-0.1, -0.05) is 60.6 Å². The molecule has 10 atom stereocenters. The molecule has 8 heteroatoms. The second-order valence-electron chi connectivity index (χ2n) is 12.8. The minimum Gasteiger partial charge on any atom is -0.457 e. The zero-order valence-electron chi connectivity index (χ0n) is 23.9. The Morgan fingerprint density at radius 2 is 1.66 bits per heavy atom. The van der Waals surface area contributed by atoms with Crippen molar-refractivity contribution in [2.24, 2.45) is 40.9 Å². The van der Waals surface area contributed by atoms with Crippen LogP contribution in [0.25, 0.3) is 0 Å². The number of hydrogen-bond donors (Lipinski definition) is 3. The molecule has 2 fully saturated rings. The van der Waals surface area contributed by atoms with Gasteiger partial charge in [0.25, 0.3) is 0 Å². The third-order valence-corrected chi connectivity index (χ3v) is 10.5. The topological polar surface area (TPSA) is 130 Å². The number of carbonyl (C=O) groups is 3. The van der Waals surface area contributed by atoms with E-state index in [1.165, 1.54) is 0 Å². The van der Waals surface area contributed by atoms with Crippen LogP contribution in [0.3, 0.4) is 0 Å². The molecule has 3 N–H and O–H groups in total. The summed E-state index contributed by atoms with van der Waals surface area (Å²) < 4.78 is 12.5. The predicted molar refractivity (Wildman–Crippen MR) is 139 cm³/mol. The number of Topliss-reactive ketones (excluding diaryl/α,β-unsaturated/α-hetero) is 1. The maximum atomic E-state index is 13.3. The molecule has 2 saturated carbocycles. The van der Waals surface area contributed by atoms with E-state index in [-0.39, 0.29) is 18.9 Å². The first-order valence-electron chi connectivity index (χ1n) is 14.0. The number of carbonyl (C=O) groups excluding carboxylic acids is 3. The first-order valence-corrected chi connectivity index (χ1v) is 14.0. The fourth-order valence-corrected chi connectivity index (χ4v) is 7.67. The van der Waals surface area contributed by atoms with E-state index in [9.17, 15) is 29.7 Å². The average molecular weight is 533 g/mol. The SMILES string of the molecule is CCC(C)C(=O)O[C@@H]1[C@@H](C)[C@@]2(O)[C@@H](C=C(CO)C[C@]3(O)C(=O)C(C)=C[C@@H]23)[C@@H]2C(C)(C)[C@]12OC(=O)C(C)CC. The van der Waals surface area contributed by atoms with Gasteiger partial charge in [0.1, 0.15) is 11.7 Å². The third kappa shape index (κ3) is 3.62. The maximum Gasteiger partial charge on any atom is 0.309 e. The number of esters is 2. The lowest BCUT2D eigenvalue weighted by Gasteiger charge is -2.53. The molecule has 4 aliphatic carbocycles. The van der Waals surface area contributed by atoms with Crippen LogP contribution in [0.5, 0.6) is 0 Å². The fourth-order valence-electron chi connectivity index (χ4n) is 7.67. The highest BCUT2D eigenvalue weighted by atomic mass is 16.6. The number of hydrogen-bond acceptors (Lipinski definition) is 8. The molecule has 0 amide bonds. The van der Waals surface area contributed by atoms with Crippen molar-refractivity contribution in [2.75, 3.05) is 6.61 Å². The Balaban J connectivity index is 1.93. The summed E-state index contributed by atoms with van der Waals surface area (Å²) in [4.78, 5) is 39.7. The van der Waals surface area contributed by atoms with Crippen molar-refractivity contribution in [2.45, 2.75) is 97.6 Å². The Labute approximate surface area is 225 Å². The summed E-state index contributed by atoms with van der Waals surface area (Å²) in [6.07, 6.45) is 3.41. The van der Waals surface area contributed by atoms with Crippen molar-refractivity contribution >= 4 is 17.7 Å². The molecule has 0 heterocycles. The Morgan fingerprint density at radius 3 is 2.21 bits per heavy atom. The molecule has 0 aromatic rings. The predicted octanol–water partition coefficient (Wildman–Crippen LogP) is 3.12. The Kier molecular flexibility index (Phi) is 7.07. The quantitative estimate of drug-likeness (QED) is 0.337. The summed E-state index contributed by atoms with van der Waals surface area (Å²) in [5, 5.41) is 34.7. The molecular weight excluding hydrogens is 488 g/mol. The van der Waals surface area contributed by atoms with Crippen molar-refractivity contribution in [3.05, 3.63) is 23.3 Å². The molecule has 0 saturated heterocycles. The van der Waals surface area contributed by atoms with Crippen LogP contribution in [0.1, 0.15) is 74.7 Å². The first-order chi connectivity index (χ1) is 17.6. The highest BCUT2D eigenvalue weighted by Gasteiger charge is 2.88. The number of aliphatic hydroxyl groups excluding tert-OH is 1. The summed E-state index contributed by atoms with van der Waals surface area (Å²) in [7, 11) is 0. The van der Waals surface area contributed by atoms with Crippen LogP contribution in [0.2, 0.25) is 0 Å². The minimum atomic E-state index is -1.94. The molecule has 212 valence electrons. The van der Waals surface area contributed by atoms with Gasteiger partial charge in [-0.25, -0.2) is 0 Å². The van der Waals surface area contributed by atoms with Crippen molar-refractivity contribution in [3.8, 4) is 0 Å². The van der Waals surface area contributed by atoms with Crippen LogP contribution in [-0.4, -0.2) is 62.6 Å². The standard InChI is InChI=1S/C30H44O8/c1-9-15(3)25(33)37-24-18(6)29(36)20(22-27(7,8)30(22,24)38-26(34)16(4)10-2)12-19(14-31)13-28(35)21(29)11-17(5)23(28)32/h11-12,15-16,18,20-22,24,31,35-36H,9-10,13-14H2,1-8H3/t15?,16?,18-,20+,21-,22-,24-,28-,29-,30-/m1/s1. The van der Waals surface area contributed by atoms with Gasteiger partial charge in [-0.05, 0) is 30.9 Å². The number of ether oxygens (including phenoxy) is 2. The second-order valence-corrected chi connectivity index (χ2v) is 12.8. The van der Waals surface area contributed by atoms with Gasteiger partial charge in [0.15, 0.2) is 11.4 Å². The molecule has 0 aliphatic heterocycles. The van der Waals surface area contributed by atoms with E-state index in [1.54, 1.807) is 39.8 Å². The van der Waals surface area contributed by atoms with Gasteiger partial charge in [-0.3, -0.25) is 14.4 Å². The molecular formula is C30H44O8. The van der Waals surface area contributed by atoms with E-state index in [1.807, 2.05) is 27.7 Å². The van der Waals surface area contributed by atoms with Crippen molar-refractivity contribution in [1.29, 1.82) is 0 Å². The molecule has 38 heavy (non-hydrogen) atoms. The zero-order chi connectivity index (χ0) is 28.6. The van der Waals surface area contributed by atoms with Crippen LogP contribution < -0.4 is 0 Å². The van der Waals surface area contributed by atoms with E-state index >= 15 is 0 Å². The second kappa shape index (κ2) is 9.27. The summed E-state index contributed by atoms with van der Waals surface area (Å²) in [6.45, 7) is 14.2. The van der Waals surface area contributed by atoms with Gasteiger partial charge in [0, 0.05) is 35.5 Å². The van der Waals surface area contributed by atoms with Crippen molar-refractivity contribution in [1.82, 2.24) is 0 Å². The number of ketones is 1. The van der Waals surface area contributed by atoms with E-state index in [4.69, 9.17) is 9.47 Å². The maximum absolute atomic E-state index is 13.3. The summed E-state index contributed by atoms with van der Waals surface area (Å²) in [5.74, 6) is -5.06. The van der Waals surface area contributed by atoms with Crippen LogP contribution in [0, 0.1) is 40.9 Å². The van der Waals surface area contributed by atoms with E-state index in [0.717, 1.165) is 0 Å². The smallest absolute Gasteiger partial charge is 0.309 e. The van der Waals surface area contributed by atoms with E-state index in [0.29, 0.717) is 24.0 Å². The van der Waals surface area contributed by atoms with E-state index < -0.39 is 75.6 Å². The summed E-state index contributed by atoms with van der Waals surface area (Å²) in [6, 6.07) is 0. The molecule has 2 unspecified atom stereocenters. The van der Waals surface area contributed by atoms with Crippen LogP contribution in [-0.2, 0) is 23.9 Å². The van der Waals surface area contributed by atoms with Crippen LogP contribution >= 0.6 is 0 Å². The third-order valence-electron chi connectivity index (χ3n) is 10.5. The van der Waals surface area contributed by atoms with E-state index in [2.05, 4.69) is 0 Å². The lowest BCUT2D eigenvalue weighted by Crippen LogP contribution is -2.66. The van der Waals surface area contributed by atoms with Crippen molar-refractivity contribution in [3.63, 3.8) is 0 Å². The molecule has 4 rings (SSSR count). The van der Waals surface area contributed by atoms with Gasteiger partial charge in [0.05, 0.1) is 24.0 Å². The number of rotatable bonds is 7. The molecule has 8 nitrogen and oxygen atoms in total. The van der Waals surface area contributed by atoms with Crippen LogP contribution in [0.4, 0.5) is 0 Å². The Hall–Kier alpha value is -2.03. The van der Waals surface area contributed by atoms with Gasteiger partial charge in [-0.15, -0.1) is 0 Å². The molecule has 0 aromatic carbocycles. The Morgan fingerprint density at radius 1 is 1.08 bits per heavy atom. The largest absolute Gasteiger partial charge is 0.457 e. The first kappa shape index (κ1) is 29.0. The molecule has 0 bridgehead atoms. The van der Waals surface area contributed by atoms with Crippen LogP contribution in [0.15, 0.2) is 23.3 Å². The number of fused-ring (bicyclic) bond motifs is 5. The van der Waals surface area contributed by atoms with Gasteiger partial charge in [-0.2, -0.15) is 0 Å². The highest BCUT2D eigenvalue weighted by Crippen LogP contribution is 2.77. The minimum absolute atomic E-state index is 0.115. The monoisotopic (exact) mass is 532 g/mol. The van der Waals surface area contributed by atoms with Gasteiger partial charge < -0.3 is 24.8 Å². The van der Waals surface area contributed by atoms with Crippen molar-refractivity contribution < 1.29 is 39.2 Å². The Bertz CT molecular complexity index is 1090. The number of aliphatic hydroxyl groups is 3. The molecule has 4 aliphatic rings. The lowest BCUT2D eigenvalue weighted by atomic mass is 9.59. The van der Waals surface area contributed by atoms with Gasteiger partial charge >= 0.3 is 11.9 Å². The summed E-state index contributed by atoms with van der Waals surface area (Å²) >= 11 is 0. The van der Waals surface area contributed by atoms with Gasteiger partial charge in [0.2, 0.25) is 0 Å². The molecule has 0 spiro atoms. The fraction of sp³-hybridized carbons (Fsp3) is 0.767. The normalized spacial score (nSPS) is 42.4. The zero-order valence-corrected chi connectivity index (χ0v) is 23.9. The lowest BCUT2D eigenvalue weighted by molar-refractivity contribution is -0.231. The highest BCUT2D eigenvalue weighted by molar-refractivity contribution is 6.04. The molecule has 0 radical (unpaired) electrons. The summed E-state index contributed by atoms with van der Waals surface area (Å²) in [5.41, 5.74) is -4.78. The average Bonchev–Trinajstić information content (AvgIpc) is 3.30. The molecule has 0 aromatic heterocycles.